The van der Waals surface area contributed by atoms with Crippen molar-refractivity contribution in [2.24, 2.45) is 4.99 Å². The highest BCUT2D eigenvalue weighted by atomic mass is 14.8. The van der Waals surface area contributed by atoms with Crippen LogP contribution in [0.25, 0.3) is 0 Å². The second-order valence-electron chi connectivity index (χ2n) is 4.84. The van der Waals surface area contributed by atoms with Gasteiger partial charge in [0.1, 0.15) is 0 Å². The molecule has 0 aliphatic carbocycles. The molecular formula is C13H17N. The van der Waals surface area contributed by atoms with E-state index in [9.17, 15) is 0 Å². The molecule has 0 saturated carbocycles. The standard InChI is InChI=1S/C13H17N/c1-9-5-6-10(2)12-8-14-13(3,4)7-11(9)12/h5-6,8H,7H2,1-4H3. The molecule has 1 aromatic carbocycles. The Hall–Kier alpha value is -1.11. The van der Waals surface area contributed by atoms with Crippen LogP contribution in [0.4, 0.5) is 0 Å². The molecule has 0 atom stereocenters. The lowest BCUT2D eigenvalue weighted by Crippen LogP contribution is -2.26. The van der Waals surface area contributed by atoms with Crippen LogP contribution in [0.1, 0.15) is 36.1 Å². The molecule has 0 spiro atoms. The Bertz CT molecular complexity index is 400. The third-order valence-corrected chi connectivity index (χ3v) is 2.96. The van der Waals surface area contributed by atoms with Gasteiger partial charge in [0.2, 0.25) is 0 Å². The van der Waals surface area contributed by atoms with Crippen LogP contribution < -0.4 is 0 Å². The van der Waals surface area contributed by atoms with Crippen molar-refractivity contribution in [2.75, 3.05) is 0 Å². The fraction of sp³-hybridized carbons (Fsp3) is 0.462. The lowest BCUT2D eigenvalue weighted by Gasteiger charge is -2.27. The summed E-state index contributed by atoms with van der Waals surface area (Å²) in [5, 5.41) is 0. The fourth-order valence-corrected chi connectivity index (χ4v) is 2.02. The van der Waals surface area contributed by atoms with Crippen LogP contribution in [0.3, 0.4) is 0 Å². The van der Waals surface area contributed by atoms with Gasteiger partial charge in [-0.1, -0.05) is 12.1 Å². The topological polar surface area (TPSA) is 12.4 Å². The smallest absolute Gasteiger partial charge is 0.0592 e. The monoisotopic (exact) mass is 187 g/mol. The SMILES string of the molecule is Cc1ccc(C)c2c1C=NC(C)(C)C2. The molecule has 0 saturated heterocycles. The van der Waals surface area contributed by atoms with Gasteiger partial charge in [0.25, 0.3) is 0 Å². The first-order valence-electron chi connectivity index (χ1n) is 5.14. The first kappa shape index (κ1) is 9.45. The Balaban J connectivity index is 2.60. The van der Waals surface area contributed by atoms with Gasteiger partial charge in [-0.15, -0.1) is 0 Å². The van der Waals surface area contributed by atoms with E-state index in [1.165, 1.54) is 22.3 Å². The third-order valence-electron chi connectivity index (χ3n) is 2.96. The molecule has 0 unspecified atom stereocenters. The predicted octanol–water partition coefficient (Wildman–Crippen LogP) is 3.06. The summed E-state index contributed by atoms with van der Waals surface area (Å²) in [6.07, 6.45) is 3.10. The van der Waals surface area contributed by atoms with E-state index in [0.29, 0.717) is 0 Å². The van der Waals surface area contributed by atoms with E-state index >= 15 is 0 Å². The van der Waals surface area contributed by atoms with E-state index in [1.54, 1.807) is 0 Å². The van der Waals surface area contributed by atoms with Crippen molar-refractivity contribution in [3.05, 3.63) is 34.4 Å². The number of rotatable bonds is 0. The number of aliphatic imine (C=N–C) groups is 1. The van der Waals surface area contributed by atoms with E-state index < -0.39 is 0 Å². The third kappa shape index (κ3) is 1.47. The summed E-state index contributed by atoms with van der Waals surface area (Å²) in [6.45, 7) is 8.72. The Morgan fingerprint density at radius 3 is 2.50 bits per heavy atom. The number of benzene rings is 1. The molecule has 1 heteroatoms. The highest BCUT2D eigenvalue weighted by molar-refractivity contribution is 5.86. The molecule has 1 aliphatic heterocycles. The van der Waals surface area contributed by atoms with Crippen molar-refractivity contribution in [3.8, 4) is 0 Å². The molecule has 0 N–H and O–H groups in total. The number of hydrogen-bond acceptors (Lipinski definition) is 1. The summed E-state index contributed by atoms with van der Waals surface area (Å²) in [5.41, 5.74) is 5.62. The first-order valence-corrected chi connectivity index (χ1v) is 5.14. The number of aryl methyl sites for hydroxylation is 2. The summed E-state index contributed by atoms with van der Waals surface area (Å²) < 4.78 is 0. The minimum Gasteiger partial charge on any atom is -0.286 e. The summed E-state index contributed by atoms with van der Waals surface area (Å²) in [5.74, 6) is 0. The van der Waals surface area contributed by atoms with Crippen LogP contribution in [-0.2, 0) is 6.42 Å². The highest BCUT2D eigenvalue weighted by Crippen LogP contribution is 2.28. The molecule has 0 amide bonds. The van der Waals surface area contributed by atoms with Crippen LogP contribution in [0, 0.1) is 13.8 Å². The van der Waals surface area contributed by atoms with Gasteiger partial charge in [-0.25, -0.2) is 0 Å². The van der Waals surface area contributed by atoms with Gasteiger partial charge in [-0.3, -0.25) is 4.99 Å². The molecule has 1 aliphatic rings. The van der Waals surface area contributed by atoms with Crippen LogP contribution in [0.2, 0.25) is 0 Å². The summed E-state index contributed by atoms with van der Waals surface area (Å²) in [6, 6.07) is 4.39. The quantitative estimate of drug-likeness (QED) is 0.592. The molecule has 1 nitrogen and oxygen atoms in total. The van der Waals surface area contributed by atoms with Crippen molar-refractivity contribution in [1.82, 2.24) is 0 Å². The molecule has 2 rings (SSSR count). The zero-order valence-electron chi connectivity index (χ0n) is 9.39. The average Bonchev–Trinajstić information content (AvgIpc) is 2.10. The molecular weight excluding hydrogens is 170 g/mol. The van der Waals surface area contributed by atoms with Gasteiger partial charge in [0, 0.05) is 6.21 Å². The van der Waals surface area contributed by atoms with Gasteiger partial charge >= 0.3 is 0 Å². The minimum absolute atomic E-state index is 0.0750. The molecule has 14 heavy (non-hydrogen) atoms. The lowest BCUT2D eigenvalue weighted by atomic mass is 9.85. The molecule has 0 aromatic heterocycles. The Morgan fingerprint density at radius 2 is 1.79 bits per heavy atom. The summed E-state index contributed by atoms with van der Waals surface area (Å²) in [7, 11) is 0. The zero-order chi connectivity index (χ0) is 10.3. The Morgan fingerprint density at radius 1 is 1.14 bits per heavy atom. The van der Waals surface area contributed by atoms with E-state index in [-0.39, 0.29) is 5.54 Å². The van der Waals surface area contributed by atoms with E-state index in [2.05, 4.69) is 44.8 Å². The summed E-state index contributed by atoms with van der Waals surface area (Å²) >= 11 is 0. The van der Waals surface area contributed by atoms with E-state index in [1.807, 2.05) is 6.21 Å². The lowest BCUT2D eigenvalue weighted by molar-refractivity contribution is 0.514. The molecule has 0 fully saturated rings. The molecule has 1 aromatic rings. The van der Waals surface area contributed by atoms with E-state index in [0.717, 1.165) is 6.42 Å². The van der Waals surface area contributed by atoms with Gasteiger partial charge < -0.3 is 0 Å². The average molecular weight is 187 g/mol. The highest BCUT2D eigenvalue weighted by Gasteiger charge is 2.23. The van der Waals surface area contributed by atoms with Gasteiger partial charge in [-0.2, -0.15) is 0 Å². The van der Waals surface area contributed by atoms with Crippen molar-refractivity contribution < 1.29 is 0 Å². The van der Waals surface area contributed by atoms with Crippen LogP contribution >= 0.6 is 0 Å². The van der Waals surface area contributed by atoms with E-state index in [4.69, 9.17) is 0 Å². The zero-order valence-corrected chi connectivity index (χ0v) is 9.39. The predicted molar refractivity (Wildman–Crippen MR) is 61.3 cm³/mol. The maximum atomic E-state index is 4.58. The van der Waals surface area contributed by atoms with Crippen LogP contribution in [0.15, 0.2) is 17.1 Å². The minimum atomic E-state index is 0.0750. The Kier molecular flexibility index (Phi) is 1.99. The van der Waals surface area contributed by atoms with Gasteiger partial charge in [0.05, 0.1) is 5.54 Å². The number of fused-ring (bicyclic) bond motifs is 1. The number of hydrogen-bond donors (Lipinski definition) is 0. The second kappa shape index (κ2) is 2.94. The van der Waals surface area contributed by atoms with Crippen molar-refractivity contribution in [1.29, 1.82) is 0 Å². The molecule has 0 bridgehead atoms. The first-order chi connectivity index (χ1) is 6.49. The van der Waals surface area contributed by atoms with Crippen molar-refractivity contribution in [2.45, 2.75) is 39.7 Å². The van der Waals surface area contributed by atoms with Gasteiger partial charge in [-0.05, 0) is 56.4 Å². The van der Waals surface area contributed by atoms with Gasteiger partial charge in [0.15, 0.2) is 0 Å². The molecule has 1 heterocycles. The van der Waals surface area contributed by atoms with Crippen LogP contribution in [-0.4, -0.2) is 11.8 Å². The van der Waals surface area contributed by atoms with Crippen molar-refractivity contribution >= 4 is 6.21 Å². The maximum absolute atomic E-state index is 4.58. The van der Waals surface area contributed by atoms with Crippen LogP contribution in [0.5, 0.6) is 0 Å². The normalized spacial score (nSPS) is 18.0. The fourth-order valence-electron chi connectivity index (χ4n) is 2.02. The second-order valence-corrected chi connectivity index (χ2v) is 4.84. The number of nitrogens with zero attached hydrogens (tertiary/aromatic N) is 1. The largest absolute Gasteiger partial charge is 0.286 e. The summed E-state index contributed by atoms with van der Waals surface area (Å²) in [4.78, 5) is 4.58. The molecule has 0 radical (unpaired) electrons. The Labute approximate surface area is 85.9 Å². The maximum Gasteiger partial charge on any atom is 0.0592 e. The molecule has 74 valence electrons. The van der Waals surface area contributed by atoms with Crippen molar-refractivity contribution in [3.63, 3.8) is 0 Å².